The zero-order chi connectivity index (χ0) is 18.1. The van der Waals surface area contributed by atoms with E-state index >= 15 is 0 Å². The number of aromatic amines is 1. The molecule has 26 heavy (non-hydrogen) atoms. The summed E-state index contributed by atoms with van der Waals surface area (Å²) >= 11 is 0. The van der Waals surface area contributed by atoms with Crippen LogP contribution in [0.3, 0.4) is 0 Å². The molecule has 4 rings (SSSR count). The minimum atomic E-state index is -0.441. The van der Waals surface area contributed by atoms with Crippen LogP contribution in [0.5, 0.6) is 5.88 Å². The summed E-state index contributed by atoms with van der Waals surface area (Å²) in [6.45, 7) is 0.383. The molecule has 0 aliphatic heterocycles. The second-order valence-electron chi connectivity index (χ2n) is 5.82. The lowest BCUT2D eigenvalue weighted by molar-refractivity contribution is 0.453. The number of aromatic nitrogens is 3. The quantitative estimate of drug-likeness (QED) is 0.528. The summed E-state index contributed by atoms with van der Waals surface area (Å²) in [5.74, 6) is -0.0532. The van der Waals surface area contributed by atoms with Crippen molar-refractivity contribution in [2.24, 2.45) is 0 Å². The summed E-state index contributed by atoms with van der Waals surface area (Å²) in [4.78, 5) is 14.7. The third-order valence-corrected chi connectivity index (χ3v) is 4.03. The lowest BCUT2D eigenvalue weighted by atomic mass is 10.2. The number of nitrogens with zero attached hydrogens (tertiary/aromatic N) is 2. The lowest BCUT2D eigenvalue weighted by Gasteiger charge is -2.10. The maximum atomic E-state index is 13.1. The maximum Gasteiger partial charge on any atom is 0.264 e. The molecule has 2 heterocycles. The molecule has 0 aliphatic rings. The van der Waals surface area contributed by atoms with Crippen LogP contribution in [-0.2, 0) is 6.54 Å². The molecule has 0 aliphatic carbocycles. The van der Waals surface area contributed by atoms with E-state index in [-0.39, 0.29) is 11.7 Å². The van der Waals surface area contributed by atoms with E-state index < -0.39 is 5.56 Å². The van der Waals surface area contributed by atoms with Crippen molar-refractivity contribution >= 4 is 16.7 Å². The molecular formula is C19H15FN4O2. The molecule has 0 bridgehead atoms. The van der Waals surface area contributed by atoms with E-state index in [1.165, 1.54) is 18.2 Å². The predicted molar refractivity (Wildman–Crippen MR) is 97.1 cm³/mol. The van der Waals surface area contributed by atoms with Gasteiger partial charge in [0.15, 0.2) is 5.88 Å². The number of pyridine rings is 1. The molecule has 0 atom stereocenters. The van der Waals surface area contributed by atoms with Gasteiger partial charge in [0.25, 0.3) is 5.56 Å². The van der Waals surface area contributed by atoms with Gasteiger partial charge in [-0.25, -0.2) is 9.07 Å². The Bertz CT molecular complexity index is 1120. The van der Waals surface area contributed by atoms with Crippen LogP contribution in [0.25, 0.3) is 16.6 Å². The van der Waals surface area contributed by atoms with E-state index in [2.05, 4.69) is 15.4 Å². The highest BCUT2D eigenvalue weighted by Gasteiger charge is 2.16. The topological polar surface area (TPSA) is 82.9 Å². The van der Waals surface area contributed by atoms with Crippen molar-refractivity contribution in [1.82, 2.24) is 14.8 Å². The van der Waals surface area contributed by atoms with Gasteiger partial charge in [0.1, 0.15) is 22.5 Å². The van der Waals surface area contributed by atoms with Crippen LogP contribution in [0.4, 0.5) is 10.2 Å². The number of halogens is 1. The molecule has 4 aromatic rings. The molecule has 130 valence electrons. The summed E-state index contributed by atoms with van der Waals surface area (Å²) in [6.07, 6.45) is 0. The van der Waals surface area contributed by atoms with Crippen LogP contribution < -0.4 is 10.9 Å². The smallest absolute Gasteiger partial charge is 0.264 e. The molecule has 0 radical (unpaired) electrons. The second kappa shape index (κ2) is 6.36. The third-order valence-electron chi connectivity index (χ3n) is 4.03. The van der Waals surface area contributed by atoms with E-state index in [4.69, 9.17) is 0 Å². The number of benzene rings is 2. The zero-order valence-electron chi connectivity index (χ0n) is 13.6. The summed E-state index contributed by atoms with van der Waals surface area (Å²) in [5.41, 5.74) is 1.56. The van der Waals surface area contributed by atoms with Crippen molar-refractivity contribution in [2.75, 3.05) is 5.32 Å². The number of fused-ring (bicyclic) bond motifs is 1. The molecule has 3 N–H and O–H groups in total. The highest BCUT2D eigenvalue weighted by Crippen LogP contribution is 2.25. The van der Waals surface area contributed by atoms with Gasteiger partial charge in [0.05, 0.1) is 5.69 Å². The molecule has 7 heteroatoms. The predicted octanol–water partition coefficient (Wildman–Crippen LogP) is 3.17. The fraction of sp³-hybridized carbons (Fsp3) is 0.0526. The van der Waals surface area contributed by atoms with Gasteiger partial charge in [0.2, 0.25) is 0 Å². The number of hydrogen-bond acceptors (Lipinski definition) is 4. The summed E-state index contributed by atoms with van der Waals surface area (Å²) < 4.78 is 14.7. The van der Waals surface area contributed by atoms with Gasteiger partial charge in [-0.3, -0.25) is 9.78 Å². The van der Waals surface area contributed by atoms with Crippen LogP contribution >= 0.6 is 0 Å². The third kappa shape index (κ3) is 2.90. The monoisotopic (exact) mass is 350 g/mol. The number of nitrogens with one attached hydrogen (secondary N) is 2. The minimum Gasteiger partial charge on any atom is -0.494 e. The van der Waals surface area contributed by atoms with Gasteiger partial charge >= 0.3 is 0 Å². The maximum absolute atomic E-state index is 13.1. The average molecular weight is 350 g/mol. The molecule has 0 saturated carbocycles. The summed E-state index contributed by atoms with van der Waals surface area (Å²) in [6, 6.07) is 16.9. The van der Waals surface area contributed by atoms with Gasteiger partial charge < -0.3 is 10.4 Å². The summed E-state index contributed by atoms with van der Waals surface area (Å²) in [7, 11) is 0. The van der Waals surface area contributed by atoms with Crippen LogP contribution in [-0.4, -0.2) is 19.9 Å². The Labute approximate surface area is 147 Å². The molecule has 0 saturated heterocycles. The van der Waals surface area contributed by atoms with Gasteiger partial charge in [-0.15, -0.1) is 0 Å². The number of aromatic hydroxyl groups is 1. The van der Waals surface area contributed by atoms with Crippen molar-refractivity contribution in [3.05, 3.63) is 82.4 Å². The standard InChI is InChI=1S/C19H15FN4O2/c20-13-8-6-12(7-9-13)11-21-18-17-15(10-16(25)22-19(17)26)23-24(18)14-4-2-1-3-5-14/h1-10,21,25H,11H2,(H,22,26). The first kappa shape index (κ1) is 15.9. The zero-order valence-corrected chi connectivity index (χ0v) is 13.6. The average Bonchev–Trinajstić information content (AvgIpc) is 3.00. The number of anilines is 1. The van der Waals surface area contributed by atoms with Crippen molar-refractivity contribution < 1.29 is 9.50 Å². The Morgan fingerprint density at radius 2 is 1.85 bits per heavy atom. The van der Waals surface area contributed by atoms with Crippen LogP contribution in [0.1, 0.15) is 5.56 Å². The molecule has 0 fully saturated rings. The number of hydrogen-bond donors (Lipinski definition) is 3. The van der Waals surface area contributed by atoms with Crippen molar-refractivity contribution in [3.8, 4) is 11.6 Å². The van der Waals surface area contributed by atoms with Gasteiger partial charge in [-0.05, 0) is 29.8 Å². The van der Waals surface area contributed by atoms with Gasteiger partial charge in [-0.1, -0.05) is 30.3 Å². The van der Waals surface area contributed by atoms with Crippen LogP contribution in [0, 0.1) is 5.82 Å². The van der Waals surface area contributed by atoms with Gasteiger partial charge in [-0.2, -0.15) is 5.10 Å². The van der Waals surface area contributed by atoms with Crippen LogP contribution in [0.2, 0.25) is 0 Å². The fourth-order valence-corrected chi connectivity index (χ4v) is 2.81. The first-order valence-electron chi connectivity index (χ1n) is 8.00. The van der Waals surface area contributed by atoms with Crippen molar-refractivity contribution in [1.29, 1.82) is 0 Å². The highest BCUT2D eigenvalue weighted by molar-refractivity contribution is 5.90. The first-order valence-corrected chi connectivity index (χ1v) is 8.00. The molecule has 0 unspecified atom stereocenters. The van der Waals surface area contributed by atoms with Gasteiger partial charge in [0, 0.05) is 12.6 Å². The highest BCUT2D eigenvalue weighted by atomic mass is 19.1. The van der Waals surface area contributed by atoms with Crippen molar-refractivity contribution in [3.63, 3.8) is 0 Å². The molecule has 0 amide bonds. The normalized spacial score (nSPS) is 11.0. The molecular weight excluding hydrogens is 335 g/mol. The number of H-pyrrole nitrogens is 1. The SMILES string of the molecule is O=c1[nH]c(O)cc2nn(-c3ccccc3)c(NCc3ccc(F)cc3)c12. The minimum absolute atomic E-state index is 0.245. The molecule has 0 spiro atoms. The second-order valence-corrected chi connectivity index (χ2v) is 5.82. The Balaban J connectivity index is 1.82. The molecule has 2 aromatic heterocycles. The van der Waals surface area contributed by atoms with E-state index in [0.29, 0.717) is 23.3 Å². The number of rotatable bonds is 4. The Kier molecular flexibility index (Phi) is 3.89. The van der Waals surface area contributed by atoms with E-state index in [9.17, 15) is 14.3 Å². The lowest BCUT2D eigenvalue weighted by Crippen LogP contribution is -2.10. The largest absolute Gasteiger partial charge is 0.494 e. The molecule has 6 nitrogen and oxygen atoms in total. The Morgan fingerprint density at radius 3 is 2.58 bits per heavy atom. The summed E-state index contributed by atoms with van der Waals surface area (Å²) in [5, 5.41) is 17.6. The Morgan fingerprint density at radius 1 is 1.12 bits per heavy atom. The fourth-order valence-electron chi connectivity index (χ4n) is 2.81. The van der Waals surface area contributed by atoms with Crippen LogP contribution in [0.15, 0.2) is 65.5 Å². The van der Waals surface area contributed by atoms with E-state index in [0.717, 1.165) is 11.3 Å². The van der Waals surface area contributed by atoms with E-state index in [1.807, 2.05) is 30.3 Å². The van der Waals surface area contributed by atoms with Crippen molar-refractivity contribution in [2.45, 2.75) is 6.54 Å². The Hall–Kier alpha value is -3.61. The first-order chi connectivity index (χ1) is 12.6. The molecule has 2 aromatic carbocycles. The number of para-hydroxylation sites is 1. The van der Waals surface area contributed by atoms with E-state index in [1.54, 1.807) is 16.8 Å².